The summed E-state index contributed by atoms with van der Waals surface area (Å²) in [7, 11) is 1.48. The summed E-state index contributed by atoms with van der Waals surface area (Å²) in [5, 5.41) is 10.3. The van der Waals surface area contributed by atoms with Gasteiger partial charge in [0.1, 0.15) is 12.4 Å². The van der Waals surface area contributed by atoms with Gasteiger partial charge in [-0.15, -0.1) is 0 Å². The molecule has 19 heavy (non-hydrogen) atoms. The first-order valence-corrected chi connectivity index (χ1v) is 6.51. The van der Waals surface area contributed by atoms with E-state index < -0.39 is 11.8 Å². The molecule has 4 heteroatoms. The third-order valence-corrected chi connectivity index (χ3v) is 3.35. The fraction of sp³-hybridized carbons (Fsp3) is 0.533. The predicted octanol–water partition coefficient (Wildman–Crippen LogP) is 2.05. The van der Waals surface area contributed by atoms with Gasteiger partial charge in [-0.1, -0.05) is 38.1 Å². The van der Waals surface area contributed by atoms with Crippen molar-refractivity contribution in [2.45, 2.75) is 38.5 Å². The lowest BCUT2D eigenvalue weighted by Gasteiger charge is -2.33. The van der Waals surface area contributed by atoms with E-state index in [1.807, 2.05) is 0 Å². The number of nitrogens with two attached hydrogens (primary N) is 1. The third-order valence-electron chi connectivity index (χ3n) is 3.35. The van der Waals surface area contributed by atoms with Crippen molar-refractivity contribution in [3.63, 3.8) is 0 Å². The summed E-state index contributed by atoms with van der Waals surface area (Å²) >= 11 is 0. The van der Waals surface area contributed by atoms with E-state index >= 15 is 0 Å². The van der Waals surface area contributed by atoms with Crippen LogP contribution in [0.5, 0.6) is 0 Å². The number of carbonyl (C=O) groups excluding carboxylic acids is 1. The van der Waals surface area contributed by atoms with Gasteiger partial charge in [-0.05, 0) is 18.8 Å². The largest absolute Gasteiger partial charge is 0.388 e. The lowest BCUT2D eigenvalue weighted by Crippen LogP contribution is -2.49. The molecule has 0 bridgehead atoms. The predicted molar refractivity (Wildman–Crippen MR) is 74.8 cm³/mol. The van der Waals surface area contributed by atoms with Crippen molar-refractivity contribution >= 4 is 6.29 Å². The molecule has 2 atom stereocenters. The summed E-state index contributed by atoms with van der Waals surface area (Å²) in [6.45, 7) is 4.19. The number of rotatable bonds is 7. The SMILES string of the molecule is CO[C@](N)(c1ccc(C=O)cc1)[C@H](O)CCC(C)C. The first kappa shape index (κ1) is 15.8. The zero-order valence-electron chi connectivity index (χ0n) is 11.8. The van der Waals surface area contributed by atoms with Crippen LogP contribution < -0.4 is 5.73 Å². The van der Waals surface area contributed by atoms with Crippen LogP contribution in [0.25, 0.3) is 0 Å². The first-order chi connectivity index (χ1) is 8.93. The summed E-state index contributed by atoms with van der Waals surface area (Å²) in [4.78, 5) is 10.6. The van der Waals surface area contributed by atoms with Crippen LogP contribution in [-0.4, -0.2) is 24.6 Å². The number of hydrogen-bond donors (Lipinski definition) is 2. The molecule has 3 N–H and O–H groups in total. The van der Waals surface area contributed by atoms with Crippen LogP contribution in [-0.2, 0) is 10.5 Å². The standard InChI is InChI=1S/C15H23NO3/c1-11(2)4-9-14(18)15(16,19-3)13-7-5-12(10-17)6-8-13/h5-8,10-11,14,18H,4,9,16H2,1-3H3/t14-,15-/m1/s1. The van der Waals surface area contributed by atoms with Gasteiger partial charge in [0.25, 0.3) is 0 Å². The Hall–Kier alpha value is -1.23. The molecule has 0 aromatic heterocycles. The molecule has 1 aromatic carbocycles. The van der Waals surface area contributed by atoms with Crippen molar-refractivity contribution in [2.75, 3.05) is 7.11 Å². The normalized spacial score (nSPS) is 16.1. The molecule has 0 amide bonds. The Balaban J connectivity index is 2.90. The molecular formula is C15H23NO3. The van der Waals surface area contributed by atoms with Crippen LogP contribution in [0.1, 0.15) is 42.6 Å². The molecule has 0 saturated heterocycles. The molecule has 0 aliphatic heterocycles. The fourth-order valence-corrected chi connectivity index (χ4v) is 1.97. The van der Waals surface area contributed by atoms with Crippen molar-refractivity contribution < 1.29 is 14.6 Å². The molecule has 0 saturated carbocycles. The van der Waals surface area contributed by atoms with Crippen molar-refractivity contribution in [1.29, 1.82) is 0 Å². The molecule has 0 radical (unpaired) electrons. The second-order valence-electron chi connectivity index (χ2n) is 5.22. The Morgan fingerprint density at radius 1 is 1.32 bits per heavy atom. The second-order valence-corrected chi connectivity index (χ2v) is 5.22. The van der Waals surface area contributed by atoms with Crippen LogP contribution >= 0.6 is 0 Å². The number of aliphatic hydroxyl groups excluding tert-OH is 1. The number of aliphatic hydroxyl groups is 1. The zero-order valence-corrected chi connectivity index (χ0v) is 11.8. The number of hydrogen-bond acceptors (Lipinski definition) is 4. The lowest BCUT2D eigenvalue weighted by atomic mass is 9.92. The molecule has 1 rings (SSSR count). The van der Waals surface area contributed by atoms with Crippen molar-refractivity contribution in [3.8, 4) is 0 Å². The summed E-state index contributed by atoms with van der Waals surface area (Å²) < 4.78 is 5.33. The van der Waals surface area contributed by atoms with Crippen molar-refractivity contribution in [2.24, 2.45) is 11.7 Å². The maximum atomic E-state index is 10.6. The Kier molecular flexibility index (Phi) is 5.66. The van der Waals surface area contributed by atoms with Crippen LogP contribution in [0.15, 0.2) is 24.3 Å². The smallest absolute Gasteiger partial charge is 0.168 e. The van der Waals surface area contributed by atoms with Crippen LogP contribution in [0.4, 0.5) is 0 Å². The summed E-state index contributed by atoms with van der Waals surface area (Å²) in [5.74, 6) is 0.494. The van der Waals surface area contributed by atoms with E-state index in [2.05, 4.69) is 13.8 Å². The highest BCUT2D eigenvalue weighted by molar-refractivity contribution is 5.74. The average Bonchev–Trinajstić information content (AvgIpc) is 2.43. The topological polar surface area (TPSA) is 72.5 Å². The molecular weight excluding hydrogens is 242 g/mol. The number of methoxy groups -OCH3 is 1. The number of benzene rings is 1. The minimum Gasteiger partial charge on any atom is -0.388 e. The van der Waals surface area contributed by atoms with Gasteiger partial charge in [0.15, 0.2) is 5.72 Å². The highest BCUT2D eigenvalue weighted by Gasteiger charge is 2.35. The molecule has 1 aromatic rings. The maximum Gasteiger partial charge on any atom is 0.168 e. The van der Waals surface area contributed by atoms with E-state index in [-0.39, 0.29) is 0 Å². The quantitative estimate of drug-likeness (QED) is 0.584. The van der Waals surface area contributed by atoms with Crippen LogP contribution in [0, 0.1) is 5.92 Å². The zero-order chi connectivity index (χ0) is 14.5. The van der Waals surface area contributed by atoms with Gasteiger partial charge < -0.3 is 9.84 Å². The molecule has 0 heterocycles. The van der Waals surface area contributed by atoms with Gasteiger partial charge in [0, 0.05) is 18.2 Å². The van der Waals surface area contributed by atoms with E-state index in [4.69, 9.17) is 10.5 Å². The van der Waals surface area contributed by atoms with Gasteiger partial charge in [-0.25, -0.2) is 0 Å². The molecule has 106 valence electrons. The monoisotopic (exact) mass is 265 g/mol. The van der Waals surface area contributed by atoms with Crippen LogP contribution in [0.2, 0.25) is 0 Å². The Morgan fingerprint density at radius 2 is 1.89 bits per heavy atom. The summed E-state index contributed by atoms with van der Waals surface area (Å²) in [6, 6.07) is 6.76. The van der Waals surface area contributed by atoms with Crippen molar-refractivity contribution in [1.82, 2.24) is 0 Å². The van der Waals surface area contributed by atoms with Gasteiger partial charge in [0.2, 0.25) is 0 Å². The Bertz CT molecular complexity index is 402. The highest BCUT2D eigenvalue weighted by atomic mass is 16.5. The highest BCUT2D eigenvalue weighted by Crippen LogP contribution is 2.27. The second kappa shape index (κ2) is 6.80. The lowest BCUT2D eigenvalue weighted by molar-refractivity contribution is -0.109. The third kappa shape index (κ3) is 3.86. The molecule has 0 fully saturated rings. The minimum atomic E-state index is -1.24. The summed E-state index contributed by atoms with van der Waals surface area (Å²) in [6.07, 6.45) is 1.42. The van der Waals surface area contributed by atoms with Gasteiger partial charge in [0.05, 0.1) is 0 Å². The summed E-state index contributed by atoms with van der Waals surface area (Å²) in [5.41, 5.74) is 6.17. The molecule has 0 spiro atoms. The molecule has 0 aliphatic rings. The van der Waals surface area contributed by atoms with Gasteiger partial charge in [-0.2, -0.15) is 0 Å². The number of ether oxygens (including phenoxy) is 1. The fourth-order valence-electron chi connectivity index (χ4n) is 1.97. The van der Waals surface area contributed by atoms with Gasteiger partial charge >= 0.3 is 0 Å². The van der Waals surface area contributed by atoms with Crippen LogP contribution in [0.3, 0.4) is 0 Å². The number of carbonyl (C=O) groups is 1. The first-order valence-electron chi connectivity index (χ1n) is 6.51. The molecule has 4 nitrogen and oxygen atoms in total. The maximum absolute atomic E-state index is 10.6. The molecule has 0 unspecified atom stereocenters. The Morgan fingerprint density at radius 3 is 2.32 bits per heavy atom. The number of aldehydes is 1. The Labute approximate surface area is 114 Å². The van der Waals surface area contributed by atoms with E-state index in [0.29, 0.717) is 23.5 Å². The average molecular weight is 265 g/mol. The van der Waals surface area contributed by atoms with E-state index in [1.54, 1.807) is 24.3 Å². The molecule has 0 aliphatic carbocycles. The van der Waals surface area contributed by atoms with Gasteiger partial charge in [-0.3, -0.25) is 10.5 Å². The van der Waals surface area contributed by atoms with Crippen molar-refractivity contribution in [3.05, 3.63) is 35.4 Å². The van der Waals surface area contributed by atoms with E-state index in [1.165, 1.54) is 7.11 Å². The van der Waals surface area contributed by atoms with E-state index in [0.717, 1.165) is 12.7 Å². The van der Waals surface area contributed by atoms with E-state index in [9.17, 15) is 9.90 Å². The minimum absolute atomic E-state index is 0.494.